The monoisotopic (exact) mass is 320 g/mol. The molecular formula is C18H28N2O3. The molecule has 2 unspecified atom stereocenters. The molecule has 0 aromatic heterocycles. The molecule has 23 heavy (non-hydrogen) atoms. The van der Waals surface area contributed by atoms with E-state index in [4.69, 9.17) is 9.47 Å². The molecule has 2 aliphatic heterocycles. The van der Waals surface area contributed by atoms with Gasteiger partial charge in [0.1, 0.15) is 5.75 Å². The number of nitrogens with zero attached hydrogens (tertiary/aromatic N) is 2. The fourth-order valence-corrected chi connectivity index (χ4v) is 3.60. The number of rotatable bonds is 6. The molecule has 5 heteroatoms. The van der Waals surface area contributed by atoms with Gasteiger partial charge in [-0.1, -0.05) is 12.1 Å². The largest absolute Gasteiger partial charge is 0.497 e. The van der Waals surface area contributed by atoms with E-state index in [1.807, 2.05) is 24.3 Å². The fourth-order valence-electron chi connectivity index (χ4n) is 3.60. The second-order valence-corrected chi connectivity index (χ2v) is 6.50. The highest BCUT2D eigenvalue weighted by Crippen LogP contribution is 2.24. The van der Waals surface area contributed by atoms with E-state index in [9.17, 15) is 5.11 Å². The van der Waals surface area contributed by atoms with Gasteiger partial charge >= 0.3 is 0 Å². The SMILES string of the molecule is COc1cccc(C(O)CN2CCCC2CN2CCOCC2)c1. The highest BCUT2D eigenvalue weighted by Gasteiger charge is 2.28. The van der Waals surface area contributed by atoms with E-state index in [-0.39, 0.29) is 0 Å². The summed E-state index contributed by atoms with van der Waals surface area (Å²) in [6, 6.07) is 8.30. The van der Waals surface area contributed by atoms with Gasteiger partial charge < -0.3 is 14.6 Å². The van der Waals surface area contributed by atoms with Crippen molar-refractivity contribution < 1.29 is 14.6 Å². The summed E-state index contributed by atoms with van der Waals surface area (Å²) < 4.78 is 10.7. The van der Waals surface area contributed by atoms with Gasteiger partial charge in [0.05, 0.1) is 26.4 Å². The first-order chi connectivity index (χ1) is 11.3. The molecule has 0 bridgehead atoms. The Bertz CT molecular complexity index is 491. The minimum atomic E-state index is -0.463. The van der Waals surface area contributed by atoms with Crippen LogP contribution in [-0.4, -0.2) is 74.0 Å². The van der Waals surface area contributed by atoms with Gasteiger partial charge in [0.25, 0.3) is 0 Å². The average molecular weight is 320 g/mol. The van der Waals surface area contributed by atoms with Crippen molar-refractivity contribution in [1.29, 1.82) is 0 Å². The molecule has 0 amide bonds. The van der Waals surface area contributed by atoms with Crippen molar-refractivity contribution in [3.8, 4) is 5.75 Å². The summed E-state index contributed by atoms with van der Waals surface area (Å²) in [5.41, 5.74) is 0.932. The van der Waals surface area contributed by atoms with Crippen LogP contribution >= 0.6 is 0 Å². The zero-order valence-electron chi connectivity index (χ0n) is 14.0. The highest BCUT2D eigenvalue weighted by atomic mass is 16.5. The van der Waals surface area contributed by atoms with E-state index in [1.54, 1.807) is 7.11 Å². The zero-order valence-corrected chi connectivity index (χ0v) is 14.0. The van der Waals surface area contributed by atoms with Crippen molar-refractivity contribution in [2.75, 3.05) is 53.0 Å². The molecule has 5 nitrogen and oxygen atoms in total. The third-order valence-electron chi connectivity index (χ3n) is 4.96. The highest BCUT2D eigenvalue weighted by molar-refractivity contribution is 5.30. The summed E-state index contributed by atoms with van der Waals surface area (Å²) >= 11 is 0. The Labute approximate surface area is 138 Å². The van der Waals surface area contributed by atoms with Gasteiger partial charge in [-0.3, -0.25) is 9.80 Å². The van der Waals surface area contributed by atoms with Gasteiger partial charge in [-0.25, -0.2) is 0 Å². The number of hydrogen-bond acceptors (Lipinski definition) is 5. The van der Waals surface area contributed by atoms with Crippen molar-refractivity contribution in [3.63, 3.8) is 0 Å². The van der Waals surface area contributed by atoms with Crippen molar-refractivity contribution in [2.45, 2.75) is 25.0 Å². The summed E-state index contributed by atoms with van der Waals surface area (Å²) in [7, 11) is 1.66. The molecule has 2 heterocycles. The van der Waals surface area contributed by atoms with Crippen LogP contribution in [-0.2, 0) is 4.74 Å². The summed E-state index contributed by atoms with van der Waals surface area (Å²) in [5, 5.41) is 10.6. The van der Waals surface area contributed by atoms with Crippen molar-refractivity contribution in [3.05, 3.63) is 29.8 Å². The maximum Gasteiger partial charge on any atom is 0.119 e. The Hall–Kier alpha value is -1.14. The molecule has 1 aromatic rings. The average Bonchev–Trinajstić information content (AvgIpc) is 3.02. The zero-order chi connectivity index (χ0) is 16.1. The normalized spacial score (nSPS) is 24.7. The minimum absolute atomic E-state index is 0.463. The van der Waals surface area contributed by atoms with E-state index in [1.165, 1.54) is 12.8 Å². The van der Waals surface area contributed by atoms with Crippen LogP contribution in [0.3, 0.4) is 0 Å². The Morgan fingerprint density at radius 1 is 1.30 bits per heavy atom. The Morgan fingerprint density at radius 3 is 2.91 bits per heavy atom. The second kappa shape index (κ2) is 8.11. The van der Waals surface area contributed by atoms with E-state index >= 15 is 0 Å². The van der Waals surface area contributed by atoms with Crippen LogP contribution in [0, 0.1) is 0 Å². The number of aliphatic hydroxyl groups excluding tert-OH is 1. The molecule has 2 atom stereocenters. The van der Waals surface area contributed by atoms with E-state index in [2.05, 4.69) is 9.80 Å². The summed E-state index contributed by atoms with van der Waals surface area (Å²) in [5.74, 6) is 0.799. The summed E-state index contributed by atoms with van der Waals surface area (Å²) in [6.07, 6.45) is 1.98. The minimum Gasteiger partial charge on any atom is -0.497 e. The van der Waals surface area contributed by atoms with Gasteiger partial charge in [-0.2, -0.15) is 0 Å². The van der Waals surface area contributed by atoms with Crippen LogP contribution in [0.5, 0.6) is 5.75 Å². The molecule has 0 radical (unpaired) electrons. The molecule has 2 fully saturated rings. The predicted octanol–water partition coefficient (Wildman–Crippen LogP) is 1.53. The predicted molar refractivity (Wildman–Crippen MR) is 89.8 cm³/mol. The maximum absolute atomic E-state index is 10.6. The molecule has 2 saturated heterocycles. The molecule has 1 aromatic carbocycles. The lowest BCUT2D eigenvalue weighted by Crippen LogP contribution is -2.45. The van der Waals surface area contributed by atoms with Crippen molar-refractivity contribution >= 4 is 0 Å². The Kier molecular flexibility index (Phi) is 5.89. The molecule has 1 N–H and O–H groups in total. The van der Waals surface area contributed by atoms with Gasteiger partial charge in [0.2, 0.25) is 0 Å². The van der Waals surface area contributed by atoms with Crippen LogP contribution in [0.15, 0.2) is 24.3 Å². The van der Waals surface area contributed by atoms with Crippen molar-refractivity contribution in [1.82, 2.24) is 9.80 Å². The molecule has 128 valence electrons. The Balaban J connectivity index is 1.56. The number of β-amino-alcohol motifs (C(OH)–C–C–N with tert-alkyl or cyclic N) is 1. The smallest absolute Gasteiger partial charge is 0.119 e. The quantitative estimate of drug-likeness (QED) is 0.861. The van der Waals surface area contributed by atoms with Crippen LogP contribution in [0.4, 0.5) is 0 Å². The van der Waals surface area contributed by atoms with Gasteiger partial charge in [0, 0.05) is 32.2 Å². The van der Waals surface area contributed by atoms with Crippen LogP contribution in [0.1, 0.15) is 24.5 Å². The summed E-state index contributed by atoms with van der Waals surface area (Å²) in [4.78, 5) is 4.93. The van der Waals surface area contributed by atoms with Gasteiger partial charge in [-0.05, 0) is 37.1 Å². The molecule has 0 aliphatic carbocycles. The number of hydrogen-bond donors (Lipinski definition) is 1. The standard InChI is InChI=1S/C18H28N2O3/c1-22-17-6-2-4-15(12-17)18(21)14-20-7-3-5-16(20)13-19-8-10-23-11-9-19/h2,4,6,12,16,18,21H,3,5,7-11,13-14H2,1H3. The maximum atomic E-state index is 10.6. The lowest BCUT2D eigenvalue weighted by atomic mass is 10.1. The number of methoxy groups -OCH3 is 1. The first-order valence-corrected chi connectivity index (χ1v) is 8.62. The first-order valence-electron chi connectivity index (χ1n) is 8.62. The van der Waals surface area contributed by atoms with Crippen LogP contribution < -0.4 is 4.74 Å². The number of benzene rings is 1. The molecular weight excluding hydrogens is 292 g/mol. The lowest BCUT2D eigenvalue weighted by molar-refractivity contribution is 0.0219. The molecule has 3 rings (SSSR count). The van der Waals surface area contributed by atoms with E-state index < -0.39 is 6.10 Å². The molecule has 0 saturated carbocycles. The van der Waals surface area contributed by atoms with Crippen molar-refractivity contribution in [2.24, 2.45) is 0 Å². The third kappa shape index (κ3) is 4.44. The van der Waals surface area contributed by atoms with E-state index in [0.29, 0.717) is 12.6 Å². The van der Waals surface area contributed by atoms with Gasteiger partial charge in [-0.15, -0.1) is 0 Å². The van der Waals surface area contributed by atoms with Gasteiger partial charge in [0.15, 0.2) is 0 Å². The topological polar surface area (TPSA) is 45.2 Å². The second-order valence-electron chi connectivity index (χ2n) is 6.50. The van der Waals surface area contributed by atoms with Crippen LogP contribution in [0.25, 0.3) is 0 Å². The van der Waals surface area contributed by atoms with E-state index in [0.717, 1.165) is 50.7 Å². The molecule has 0 spiro atoms. The van der Waals surface area contributed by atoms with Crippen LogP contribution in [0.2, 0.25) is 0 Å². The first kappa shape index (κ1) is 16.7. The summed E-state index contributed by atoms with van der Waals surface area (Å²) in [6.45, 7) is 6.62. The third-order valence-corrected chi connectivity index (χ3v) is 4.96. The fraction of sp³-hybridized carbons (Fsp3) is 0.667. The number of ether oxygens (including phenoxy) is 2. The number of likely N-dealkylation sites (tertiary alicyclic amines) is 1. The molecule has 2 aliphatic rings. The number of aliphatic hydroxyl groups is 1. The number of morpholine rings is 1. The Morgan fingerprint density at radius 2 is 2.13 bits per heavy atom. The lowest BCUT2D eigenvalue weighted by Gasteiger charge is -2.33.